The maximum absolute atomic E-state index is 13.6. The number of pyridine rings is 1. The van der Waals surface area contributed by atoms with Crippen molar-refractivity contribution in [2.75, 3.05) is 0 Å². The number of carbonyl (C=O) groups excluding carboxylic acids is 1. The maximum Gasteiger partial charge on any atom is 0.174 e. The normalized spacial score (nSPS) is 14.8. The van der Waals surface area contributed by atoms with Gasteiger partial charge in [-0.15, -0.1) is 0 Å². The van der Waals surface area contributed by atoms with Gasteiger partial charge in [-0.3, -0.25) is 9.78 Å². The van der Waals surface area contributed by atoms with Crippen LogP contribution in [0.3, 0.4) is 0 Å². The van der Waals surface area contributed by atoms with Gasteiger partial charge in [0.25, 0.3) is 0 Å². The van der Waals surface area contributed by atoms with Crippen LogP contribution in [0.2, 0.25) is 0 Å². The highest BCUT2D eigenvalue weighted by molar-refractivity contribution is 6.03. The highest BCUT2D eigenvalue weighted by Gasteiger charge is 2.29. The van der Waals surface area contributed by atoms with Gasteiger partial charge in [-0.1, -0.05) is 11.2 Å². The smallest absolute Gasteiger partial charge is 0.174 e. The Labute approximate surface area is 131 Å². The van der Waals surface area contributed by atoms with E-state index in [2.05, 4.69) is 10.1 Å². The number of oxime groups is 1. The Bertz CT molecular complexity index is 748. The van der Waals surface area contributed by atoms with Crippen LogP contribution in [0.25, 0.3) is 0 Å². The molecular weight excluding hydrogens is 302 g/mol. The molecule has 1 aromatic carbocycles. The first-order valence-corrected chi connectivity index (χ1v) is 7.24. The van der Waals surface area contributed by atoms with Crippen molar-refractivity contribution in [3.05, 3.63) is 65.0 Å². The van der Waals surface area contributed by atoms with Gasteiger partial charge < -0.3 is 5.21 Å². The van der Waals surface area contributed by atoms with E-state index in [0.29, 0.717) is 17.0 Å². The molecule has 0 amide bonds. The van der Waals surface area contributed by atoms with Gasteiger partial charge >= 0.3 is 0 Å². The molecule has 0 saturated heterocycles. The lowest BCUT2D eigenvalue weighted by atomic mass is 10.0. The van der Waals surface area contributed by atoms with Crippen LogP contribution < -0.4 is 0 Å². The largest absolute Gasteiger partial charge is 0.411 e. The number of aromatic nitrogens is 1. The molecule has 2 aromatic rings. The van der Waals surface area contributed by atoms with E-state index in [4.69, 9.17) is 5.21 Å². The summed E-state index contributed by atoms with van der Waals surface area (Å²) < 4.78 is 27.2. The van der Waals surface area contributed by atoms with Crippen molar-refractivity contribution in [3.63, 3.8) is 0 Å². The molecule has 1 N–H and O–H groups in total. The van der Waals surface area contributed by atoms with Crippen LogP contribution in [0.4, 0.5) is 8.78 Å². The SMILES string of the molecule is O=C(Cc1ccc(/C(=N/O)C2CC2)cn1)c1c(F)cccc1F. The Kier molecular flexibility index (Phi) is 4.14. The molecule has 1 saturated carbocycles. The summed E-state index contributed by atoms with van der Waals surface area (Å²) >= 11 is 0. The minimum absolute atomic E-state index is 0.201. The summed E-state index contributed by atoms with van der Waals surface area (Å²) in [7, 11) is 0. The van der Waals surface area contributed by atoms with Crippen LogP contribution in [0.15, 0.2) is 41.7 Å². The van der Waals surface area contributed by atoms with Crippen LogP contribution in [-0.4, -0.2) is 21.7 Å². The van der Waals surface area contributed by atoms with Crippen molar-refractivity contribution in [2.45, 2.75) is 19.3 Å². The van der Waals surface area contributed by atoms with Crippen molar-refractivity contribution < 1.29 is 18.8 Å². The standard InChI is InChI=1S/C17H14F2N2O2/c18-13-2-1-3-14(19)16(13)15(22)8-12-7-6-11(9-20-12)17(21-23)10-4-5-10/h1-3,6-7,9-10,23H,4-5,8H2/b21-17+. The zero-order valence-electron chi connectivity index (χ0n) is 12.2. The van der Waals surface area contributed by atoms with Crippen molar-refractivity contribution in [1.29, 1.82) is 0 Å². The van der Waals surface area contributed by atoms with Gasteiger partial charge in [0.15, 0.2) is 5.78 Å². The zero-order chi connectivity index (χ0) is 16.4. The number of hydrogen-bond donors (Lipinski definition) is 1. The number of halogens is 2. The van der Waals surface area contributed by atoms with Gasteiger partial charge in [-0.25, -0.2) is 8.78 Å². The number of ketones is 1. The van der Waals surface area contributed by atoms with Crippen molar-refractivity contribution in [1.82, 2.24) is 4.98 Å². The zero-order valence-corrected chi connectivity index (χ0v) is 12.2. The minimum Gasteiger partial charge on any atom is -0.411 e. The third-order valence-electron chi connectivity index (χ3n) is 3.78. The van der Waals surface area contributed by atoms with Gasteiger partial charge in [0.05, 0.1) is 17.7 Å². The van der Waals surface area contributed by atoms with Crippen LogP contribution in [0.5, 0.6) is 0 Å². The van der Waals surface area contributed by atoms with E-state index < -0.39 is 23.0 Å². The monoisotopic (exact) mass is 316 g/mol. The first kappa shape index (κ1) is 15.3. The highest BCUT2D eigenvalue weighted by Crippen LogP contribution is 2.33. The predicted octanol–water partition coefficient (Wildman–Crippen LogP) is 3.37. The van der Waals surface area contributed by atoms with Gasteiger partial charge in [0.1, 0.15) is 11.6 Å². The minimum atomic E-state index is -0.880. The fourth-order valence-corrected chi connectivity index (χ4v) is 2.43. The molecular formula is C17H14F2N2O2. The fourth-order valence-electron chi connectivity index (χ4n) is 2.43. The van der Waals surface area contributed by atoms with E-state index in [0.717, 1.165) is 25.0 Å². The number of hydrogen-bond acceptors (Lipinski definition) is 4. The molecule has 4 nitrogen and oxygen atoms in total. The van der Waals surface area contributed by atoms with E-state index in [1.165, 1.54) is 12.3 Å². The highest BCUT2D eigenvalue weighted by atomic mass is 19.1. The Morgan fingerprint density at radius 3 is 2.43 bits per heavy atom. The Morgan fingerprint density at radius 2 is 1.91 bits per heavy atom. The van der Waals surface area contributed by atoms with Crippen LogP contribution in [0, 0.1) is 17.6 Å². The molecule has 0 aliphatic heterocycles. The van der Waals surface area contributed by atoms with E-state index in [1.54, 1.807) is 12.1 Å². The van der Waals surface area contributed by atoms with Crippen molar-refractivity contribution in [2.24, 2.45) is 11.1 Å². The summed E-state index contributed by atoms with van der Waals surface area (Å²) in [6, 6.07) is 6.60. The molecule has 0 atom stereocenters. The molecule has 3 rings (SSSR count). The number of nitrogens with zero attached hydrogens (tertiary/aromatic N) is 2. The average Bonchev–Trinajstić information content (AvgIpc) is 3.34. The molecule has 1 aliphatic carbocycles. The van der Waals surface area contributed by atoms with Crippen molar-refractivity contribution in [3.8, 4) is 0 Å². The van der Waals surface area contributed by atoms with Gasteiger partial charge in [-0.05, 0) is 37.1 Å². The Balaban J connectivity index is 1.77. The summed E-state index contributed by atoms with van der Waals surface area (Å²) in [4.78, 5) is 16.2. The molecule has 0 radical (unpaired) electrons. The third-order valence-corrected chi connectivity index (χ3v) is 3.78. The summed E-state index contributed by atoms with van der Waals surface area (Å²) in [5, 5.41) is 12.3. The molecule has 1 aliphatic rings. The molecule has 0 unspecified atom stereocenters. The summed E-state index contributed by atoms with van der Waals surface area (Å²) in [5.41, 5.74) is 1.11. The topological polar surface area (TPSA) is 62.5 Å². The predicted molar refractivity (Wildman–Crippen MR) is 79.7 cm³/mol. The van der Waals surface area contributed by atoms with Gasteiger partial charge in [-0.2, -0.15) is 0 Å². The van der Waals surface area contributed by atoms with Crippen LogP contribution in [-0.2, 0) is 6.42 Å². The maximum atomic E-state index is 13.6. The number of rotatable bonds is 5. The molecule has 1 aromatic heterocycles. The molecule has 118 valence electrons. The lowest BCUT2D eigenvalue weighted by molar-refractivity contribution is 0.0984. The molecule has 0 bridgehead atoms. The van der Waals surface area contributed by atoms with E-state index >= 15 is 0 Å². The molecule has 23 heavy (non-hydrogen) atoms. The van der Waals surface area contributed by atoms with Crippen LogP contribution >= 0.6 is 0 Å². The summed E-state index contributed by atoms with van der Waals surface area (Å²) in [5.74, 6) is -2.18. The van der Waals surface area contributed by atoms with Gasteiger partial charge in [0.2, 0.25) is 0 Å². The number of Topliss-reactive ketones (excluding diaryl/α,β-unsaturated/α-hetero) is 1. The second kappa shape index (κ2) is 6.24. The second-order valence-electron chi connectivity index (χ2n) is 5.49. The number of carbonyl (C=O) groups is 1. The lowest BCUT2D eigenvalue weighted by Gasteiger charge is -2.06. The Hall–Kier alpha value is -2.63. The fraction of sp³-hybridized carbons (Fsp3) is 0.235. The van der Waals surface area contributed by atoms with Crippen LogP contribution in [0.1, 0.15) is 34.5 Å². The molecule has 1 fully saturated rings. The Morgan fingerprint density at radius 1 is 1.22 bits per heavy atom. The molecule has 0 spiro atoms. The van der Waals surface area contributed by atoms with E-state index in [1.807, 2.05) is 0 Å². The first-order chi connectivity index (χ1) is 11.1. The first-order valence-electron chi connectivity index (χ1n) is 7.24. The number of benzene rings is 1. The average molecular weight is 316 g/mol. The molecule has 6 heteroatoms. The van der Waals surface area contributed by atoms with E-state index in [-0.39, 0.29) is 12.3 Å². The quantitative estimate of drug-likeness (QED) is 0.398. The summed E-state index contributed by atoms with van der Waals surface area (Å²) in [6.45, 7) is 0. The van der Waals surface area contributed by atoms with Crippen molar-refractivity contribution >= 4 is 11.5 Å². The van der Waals surface area contributed by atoms with Gasteiger partial charge in [0, 0.05) is 23.4 Å². The van der Waals surface area contributed by atoms with E-state index in [9.17, 15) is 13.6 Å². The lowest BCUT2D eigenvalue weighted by Crippen LogP contribution is -2.11. The third kappa shape index (κ3) is 3.26. The molecule has 1 heterocycles. The summed E-state index contributed by atoms with van der Waals surface area (Å²) in [6.07, 6.45) is 3.26. The second-order valence-corrected chi connectivity index (χ2v) is 5.49.